The van der Waals surface area contributed by atoms with Gasteiger partial charge in [-0.25, -0.2) is 16.8 Å². The molecule has 0 bridgehead atoms. The van der Waals surface area contributed by atoms with Crippen molar-refractivity contribution >= 4 is 48.2 Å². The maximum absolute atomic E-state index is 11.3. The van der Waals surface area contributed by atoms with Crippen LogP contribution in [0.5, 0.6) is 0 Å². The zero-order valence-electron chi connectivity index (χ0n) is 19.3. The van der Waals surface area contributed by atoms with Crippen LogP contribution in [0.1, 0.15) is 0 Å². The molecule has 0 amide bonds. The van der Waals surface area contributed by atoms with Gasteiger partial charge in [-0.2, -0.15) is 0 Å². The predicted molar refractivity (Wildman–Crippen MR) is 143 cm³/mol. The third-order valence-electron chi connectivity index (χ3n) is 4.97. The Morgan fingerprint density at radius 3 is 1.36 bits per heavy atom. The van der Waals surface area contributed by atoms with Gasteiger partial charge >= 0.3 is 7.12 Å². The first kappa shape index (κ1) is 27.7. The van der Waals surface area contributed by atoms with Gasteiger partial charge in [-0.3, -0.25) is 9.97 Å². The highest BCUT2D eigenvalue weighted by molar-refractivity contribution is 9.10. The van der Waals surface area contributed by atoms with Gasteiger partial charge in [-0.15, -0.1) is 0 Å². The van der Waals surface area contributed by atoms with E-state index in [0.29, 0.717) is 16.1 Å². The van der Waals surface area contributed by atoms with Crippen molar-refractivity contribution in [3.8, 4) is 22.5 Å². The molecule has 0 unspecified atom stereocenters. The Bertz CT molecular complexity index is 1530. The Morgan fingerprint density at radius 2 is 1.06 bits per heavy atom. The predicted octanol–water partition coefficient (Wildman–Crippen LogP) is 2.75. The molecule has 0 atom stereocenters. The van der Waals surface area contributed by atoms with Gasteiger partial charge in [-0.05, 0) is 58.4 Å². The van der Waals surface area contributed by atoms with E-state index in [9.17, 15) is 16.8 Å². The van der Waals surface area contributed by atoms with Crippen molar-refractivity contribution in [2.45, 2.75) is 9.79 Å². The number of aromatic nitrogens is 2. The number of rotatable bonds is 5. The highest BCUT2D eigenvalue weighted by Gasteiger charge is 2.12. The molecule has 2 aromatic carbocycles. The molecule has 0 saturated carbocycles. The number of hydrogen-bond donors (Lipinski definition) is 2. The maximum Gasteiger partial charge on any atom is 0.490 e. The smallest absolute Gasteiger partial charge is 0.423 e. The number of hydrogen-bond acceptors (Lipinski definition) is 8. The van der Waals surface area contributed by atoms with Crippen molar-refractivity contribution in [3.63, 3.8) is 0 Å². The van der Waals surface area contributed by atoms with E-state index in [0.717, 1.165) is 27.5 Å². The van der Waals surface area contributed by atoms with Crippen LogP contribution in [-0.4, -0.2) is 56.5 Å². The van der Waals surface area contributed by atoms with E-state index < -0.39 is 26.8 Å². The van der Waals surface area contributed by atoms with Gasteiger partial charge in [0.05, 0.1) is 21.2 Å². The highest BCUT2D eigenvalue weighted by Crippen LogP contribution is 2.21. The third-order valence-corrected chi connectivity index (χ3v) is 7.69. The van der Waals surface area contributed by atoms with Gasteiger partial charge in [0.25, 0.3) is 0 Å². The van der Waals surface area contributed by atoms with E-state index in [1.165, 1.54) is 24.6 Å². The van der Waals surface area contributed by atoms with Crippen molar-refractivity contribution in [2.75, 3.05) is 12.5 Å². The average molecular weight is 589 g/mol. The van der Waals surface area contributed by atoms with Crippen molar-refractivity contribution in [2.24, 2.45) is 0 Å². The summed E-state index contributed by atoms with van der Waals surface area (Å²) in [5, 5.41) is 17.9. The van der Waals surface area contributed by atoms with Crippen LogP contribution in [-0.2, 0) is 19.7 Å². The second-order valence-corrected chi connectivity index (χ2v) is 12.8. The van der Waals surface area contributed by atoms with E-state index in [-0.39, 0.29) is 4.90 Å². The van der Waals surface area contributed by atoms with Gasteiger partial charge in [0.1, 0.15) is 0 Å². The number of benzene rings is 2. The molecule has 0 aliphatic carbocycles. The first-order valence-electron chi connectivity index (χ1n) is 10.4. The Kier molecular flexibility index (Phi) is 8.80. The standard InChI is InChI=1S/C12H12BNO4S.C12H10BrNO2S/c1-19(17,18)11-5-2-9(3-6-11)12-7-4-10(8-14-12)13(15)16;1-17(15,16)11-5-2-9(3-6-11)12-7-4-10(13)8-14-12/h2-8,15-16H,1H3;2-8H,1H3. The lowest BCUT2D eigenvalue weighted by molar-refractivity contribution is 0.425. The molecule has 0 fully saturated rings. The molecule has 0 spiro atoms. The zero-order valence-corrected chi connectivity index (χ0v) is 22.5. The monoisotopic (exact) mass is 588 g/mol. The number of halogens is 1. The molecule has 0 saturated heterocycles. The molecule has 186 valence electrons. The topological polar surface area (TPSA) is 135 Å². The largest absolute Gasteiger partial charge is 0.490 e. The average Bonchev–Trinajstić information content (AvgIpc) is 2.84. The Hall–Kier alpha value is -2.90. The SMILES string of the molecule is CS(=O)(=O)c1ccc(-c2ccc(B(O)O)cn2)cc1.CS(=O)(=O)c1ccc(-c2ccc(Br)cn2)cc1. The molecule has 36 heavy (non-hydrogen) atoms. The van der Waals surface area contributed by atoms with Crippen molar-refractivity contribution in [1.82, 2.24) is 9.97 Å². The number of pyridine rings is 2. The summed E-state index contributed by atoms with van der Waals surface area (Å²) in [6.07, 6.45) is 5.42. The van der Waals surface area contributed by atoms with Crippen LogP contribution < -0.4 is 5.46 Å². The minimum absolute atomic E-state index is 0.249. The first-order valence-corrected chi connectivity index (χ1v) is 15.0. The summed E-state index contributed by atoms with van der Waals surface area (Å²) in [7, 11) is -7.89. The number of nitrogens with zero attached hydrogens (tertiary/aromatic N) is 2. The molecule has 0 aliphatic rings. The van der Waals surface area contributed by atoms with Crippen molar-refractivity contribution in [1.29, 1.82) is 0 Å². The molecule has 4 rings (SSSR count). The maximum atomic E-state index is 11.3. The second kappa shape index (κ2) is 11.4. The van der Waals surface area contributed by atoms with Crippen LogP contribution in [0.2, 0.25) is 0 Å². The van der Waals surface area contributed by atoms with Crippen LogP contribution in [0.25, 0.3) is 22.5 Å². The molecule has 8 nitrogen and oxygen atoms in total. The fourth-order valence-electron chi connectivity index (χ4n) is 3.02. The summed E-state index contributed by atoms with van der Waals surface area (Å²) < 4.78 is 46.2. The third kappa shape index (κ3) is 7.55. The molecular formula is C24H22BBrN2O6S2. The summed E-state index contributed by atoms with van der Waals surface area (Å²) in [4.78, 5) is 8.90. The summed E-state index contributed by atoms with van der Waals surface area (Å²) >= 11 is 3.31. The van der Waals surface area contributed by atoms with Crippen LogP contribution in [0.3, 0.4) is 0 Å². The van der Waals surface area contributed by atoms with Crippen LogP contribution in [0.4, 0.5) is 0 Å². The Labute approximate surface area is 218 Å². The van der Waals surface area contributed by atoms with Crippen LogP contribution >= 0.6 is 15.9 Å². The Balaban J connectivity index is 0.000000202. The quantitative estimate of drug-likeness (QED) is 0.340. The summed E-state index contributed by atoms with van der Waals surface area (Å²) in [5.74, 6) is 0. The normalized spacial score (nSPS) is 11.4. The lowest BCUT2D eigenvalue weighted by Gasteiger charge is -2.04. The van der Waals surface area contributed by atoms with Gasteiger partial charge in [0.2, 0.25) is 0 Å². The van der Waals surface area contributed by atoms with E-state index >= 15 is 0 Å². The fraction of sp³-hybridized carbons (Fsp3) is 0.0833. The van der Waals surface area contributed by atoms with E-state index in [1.807, 2.05) is 12.1 Å². The van der Waals surface area contributed by atoms with Gasteiger partial charge < -0.3 is 10.0 Å². The molecule has 2 heterocycles. The van der Waals surface area contributed by atoms with Gasteiger partial charge in [0.15, 0.2) is 19.7 Å². The Morgan fingerprint density at radius 1 is 0.639 bits per heavy atom. The van der Waals surface area contributed by atoms with Gasteiger partial charge in [0, 0.05) is 46.0 Å². The molecular weight excluding hydrogens is 567 g/mol. The fourth-order valence-corrected chi connectivity index (χ4v) is 4.52. The lowest BCUT2D eigenvalue weighted by Crippen LogP contribution is -2.29. The zero-order chi connectivity index (χ0) is 26.5. The number of sulfone groups is 2. The first-order chi connectivity index (χ1) is 16.8. The molecule has 2 aromatic heterocycles. The van der Waals surface area contributed by atoms with Crippen LogP contribution in [0.15, 0.2) is 99.5 Å². The van der Waals surface area contributed by atoms with Gasteiger partial charge in [-0.1, -0.05) is 30.3 Å². The molecule has 2 N–H and O–H groups in total. The molecule has 0 radical (unpaired) electrons. The summed E-state index contributed by atoms with van der Waals surface area (Å²) in [5.41, 5.74) is 3.39. The van der Waals surface area contributed by atoms with E-state index in [4.69, 9.17) is 10.0 Å². The molecule has 4 aromatic rings. The molecule has 12 heteroatoms. The summed E-state index contributed by atoms with van der Waals surface area (Å²) in [6, 6.07) is 20.0. The van der Waals surface area contributed by atoms with Crippen LogP contribution in [0, 0.1) is 0 Å². The van der Waals surface area contributed by atoms with E-state index in [2.05, 4.69) is 25.9 Å². The summed E-state index contributed by atoms with van der Waals surface area (Å²) in [6.45, 7) is 0. The minimum Gasteiger partial charge on any atom is -0.423 e. The van der Waals surface area contributed by atoms with E-state index in [1.54, 1.807) is 54.7 Å². The lowest BCUT2D eigenvalue weighted by atomic mass is 9.81. The van der Waals surface area contributed by atoms with Crippen molar-refractivity contribution in [3.05, 3.63) is 89.7 Å². The molecule has 0 aliphatic heterocycles. The second-order valence-electron chi connectivity index (χ2n) is 7.81. The van der Waals surface area contributed by atoms with Crippen molar-refractivity contribution < 1.29 is 26.9 Å². The minimum atomic E-state index is -3.21. The highest BCUT2D eigenvalue weighted by atomic mass is 79.9.